The minimum Gasteiger partial charge on any atom is -0.495 e. The van der Waals surface area contributed by atoms with Crippen molar-refractivity contribution in [2.24, 2.45) is 7.05 Å². The molecular formula is C18H17BrN2O2. The molecule has 0 atom stereocenters. The zero-order valence-electron chi connectivity index (χ0n) is 13.2. The minimum atomic E-state index is -0.181. The van der Waals surface area contributed by atoms with Crippen molar-refractivity contribution in [1.82, 2.24) is 4.57 Å². The standard InChI is InChI=1S/C18H17BrN2O2/c1-11-8-9-15(23-3)13(10-11)20-18(22)17-16(19)12-6-4-5-7-14(12)21(17)2/h4-10H,1-3H3,(H,20,22). The van der Waals surface area contributed by atoms with Crippen LogP contribution in [0.1, 0.15) is 16.1 Å². The van der Waals surface area contributed by atoms with Gasteiger partial charge in [-0.25, -0.2) is 0 Å². The predicted molar refractivity (Wildman–Crippen MR) is 96.3 cm³/mol. The van der Waals surface area contributed by atoms with Crippen molar-refractivity contribution >= 4 is 38.4 Å². The first-order valence-electron chi connectivity index (χ1n) is 7.22. The number of halogens is 1. The van der Waals surface area contributed by atoms with Crippen molar-refractivity contribution in [3.63, 3.8) is 0 Å². The van der Waals surface area contributed by atoms with Gasteiger partial charge in [0.15, 0.2) is 0 Å². The van der Waals surface area contributed by atoms with Crippen LogP contribution < -0.4 is 10.1 Å². The van der Waals surface area contributed by atoms with E-state index in [1.807, 2.05) is 61.0 Å². The number of nitrogens with one attached hydrogen (secondary N) is 1. The molecule has 0 fully saturated rings. The van der Waals surface area contributed by atoms with Gasteiger partial charge in [0.1, 0.15) is 11.4 Å². The van der Waals surface area contributed by atoms with Gasteiger partial charge in [-0.3, -0.25) is 4.79 Å². The van der Waals surface area contributed by atoms with E-state index >= 15 is 0 Å². The first-order chi connectivity index (χ1) is 11.0. The fourth-order valence-corrected chi connectivity index (χ4v) is 3.48. The zero-order chi connectivity index (χ0) is 16.6. The van der Waals surface area contributed by atoms with Crippen LogP contribution in [0.25, 0.3) is 10.9 Å². The number of hydrogen-bond donors (Lipinski definition) is 1. The van der Waals surface area contributed by atoms with E-state index in [0.717, 1.165) is 20.9 Å². The lowest BCUT2D eigenvalue weighted by molar-refractivity contribution is 0.101. The van der Waals surface area contributed by atoms with Gasteiger partial charge in [-0.15, -0.1) is 0 Å². The van der Waals surface area contributed by atoms with E-state index in [0.29, 0.717) is 17.1 Å². The Balaban J connectivity index is 2.04. The van der Waals surface area contributed by atoms with Crippen LogP contribution >= 0.6 is 15.9 Å². The molecule has 23 heavy (non-hydrogen) atoms. The largest absolute Gasteiger partial charge is 0.495 e. The molecule has 4 nitrogen and oxygen atoms in total. The van der Waals surface area contributed by atoms with Crippen LogP contribution in [0, 0.1) is 6.92 Å². The van der Waals surface area contributed by atoms with Gasteiger partial charge >= 0.3 is 0 Å². The number of rotatable bonds is 3. The zero-order valence-corrected chi connectivity index (χ0v) is 14.8. The normalized spacial score (nSPS) is 10.8. The summed E-state index contributed by atoms with van der Waals surface area (Å²) in [6, 6.07) is 13.6. The molecule has 3 rings (SSSR count). The van der Waals surface area contributed by atoms with Crippen LogP contribution in [0.15, 0.2) is 46.9 Å². The maximum absolute atomic E-state index is 12.8. The van der Waals surface area contributed by atoms with Gasteiger partial charge in [0.25, 0.3) is 5.91 Å². The maximum atomic E-state index is 12.8. The third-order valence-electron chi connectivity index (χ3n) is 3.86. The van der Waals surface area contributed by atoms with Crippen LogP contribution in [-0.2, 0) is 7.05 Å². The highest BCUT2D eigenvalue weighted by Gasteiger charge is 2.20. The molecule has 5 heteroatoms. The molecule has 2 aromatic carbocycles. The third-order valence-corrected chi connectivity index (χ3v) is 4.67. The Morgan fingerprint density at radius 3 is 2.65 bits per heavy atom. The second kappa shape index (κ2) is 6.08. The van der Waals surface area contributed by atoms with E-state index in [9.17, 15) is 4.79 Å². The monoisotopic (exact) mass is 372 g/mol. The van der Waals surface area contributed by atoms with Crippen molar-refractivity contribution in [3.05, 3.63) is 58.2 Å². The number of aromatic nitrogens is 1. The van der Waals surface area contributed by atoms with Crippen LogP contribution in [0.5, 0.6) is 5.75 Å². The maximum Gasteiger partial charge on any atom is 0.273 e. The first-order valence-corrected chi connectivity index (χ1v) is 8.01. The Morgan fingerprint density at radius 2 is 1.96 bits per heavy atom. The summed E-state index contributed by atoms with van der Waals surface area (Å²) in [5.41, 5.74) is 3.29. The van der Waals surface area contributed by atoms with Crippen molar-refractivity contribution < 1.29 is 9.53 Å². The number of carbonyl (C=O) groups is 1. The van der Waals surface area contributed by atoms with Gasteiger partial charge in [-0.1, -0.05) is 24.3 Å². The number of benzene rings is 2. The van der Waals surface area contributed by atoms with Gasteiger partial charge in [-0.05, 0) is 46.6 Å². The minimum absolute atomic E-state index is 0.181. The summed E-state index contributed by atoms with van der Waals surface area (Å²) in [6.07, 6.45) is 0. The number of aryl methyl sites for hydroxylation is 2. The van der Waals surface area contributed by atoms with Gasteiger partial charge in [0.2, 0.25) is 0 Å². The Labute approximate surface area is 143 Å². The molecule has 1 heterocycles. The number of ether oxygens (including phenoxy) is 1. The number of amides is 1. The van der Waals surface area contributed by atoms with E-state index in [1.54, 1.807) is 7.11 Å². The summed E-state index contributed by atoms with van der Waals surface area (Å²) in [4.78, 5) is 12.8. The fraction of sp³-hybridized carbons (Fsp3) is 0.167. The van der Waals surface area contributed by atoms with Gasteiger partial charge in [0.05, 0.1) is 17.3 Å². The Hall–Kier alpha value is -2.27. The summed E-state index contributed by atoms with van der Waals surface area (Å²) >= 11 is 3.55. The van der Waals surface area contributed by atoms with E-state index in [2.05, 4.69) is 21.2 Å². The molecule has 118 valence electrons. The topological polar surface area (TPSA) is 43.3 Å². The molecule has 0 aliphatic carbocycles. The number of carbonyl (C=O) groups excluding carboxylic acids is 1. The highest BCUT2D eigenvalue weighted by atomic mass is 79.9. The average Bonchev–Trinajstić information content (AvgIpc) is 2.79. The summed E-state index contributed by atoms with van der Waals surface area (Å²) in [5.74, 6) is 0.457. The SMILES string of the molecule is COc1ccc(C)cc1NC(=O)c1c(Br)c2ccccc2n1C. The molecular weight excluding hydrogens is 356 g/mol. The third kappa shape index (κ3) is 2.72. The molecule has 0 radical (unpaired) electrons. The number of hydrogen-bond acceptors (Lipinski definition) is 2. The summed E-state index contributed by atoms with van der Waals surface area (Å²) in [5, 5.41) is 3.96. The Morgan fingerprint density at radius 1 is 1.22 bits per heavy atom. The molecule has 0 saturated carbocycles. The van der Waals surface area contributed by atoms with Gasteiger partial charge < -0.3 is 14.6 Å². The molecule has 0 aliphatic heterocycles. The van der Waals surface area contributed by atoms with Crippen molar-refractivity contribution in [2.45, 2.75) is 6.92 Å². The van der Waals surface area contributed by atoms with Crippen LogP contribution in [0.2, 0.25) is 0 Å². The Bertz CT molecular complexity index is 860. The lowest BCUT2D eigenvalue weighted by Crippen LogP contribution is -2.16. The highest BCUT2D eigenvalue weighted by molar-refractivity contribution is 9.10. The smallest absolute Gasteiger partial charge is 0.273 e. The fourth-order valence-electron chi connectivity index (χ4n) is 2.70. The van der Waals surface area contributed by atoms with Crippen molar-refractivity contribution in [2.75, 3.05) is 12.4 Å². The lowest BCUT2D eigenvalue weighted by atomic mass is 10.2. The van der Waals surface area contributed by atoms with E-state index in [1.165, 1.54) is 0 Å². The van der Waals surface area contributed by atoms with Crippen LogP contribution in [0.4, 0.5) is 5.69 Å². The average molecular weight is 373 g/mol. The summed E-state index contributed by atoms with van der Waals surface area (Å²) in [6.45, 7) is 1.97. The number of methoxy groups -OCH3 is 1. The predicted octanol–water partition coefficient (Wildman–Crippen LogP) is 4.51. The van der Waals surface area contributed by atoms with E-state index in [4.69, 9.17) is 4.74 Å². The first kappa shape index (κ1) is 15.6. The second-order valence-corrected chi connectivity index (χ2v) is 6.19. The number of para-hydroxylation sites is 1. The Kier molecular flexibility index (Phi) is 4.13. The lowest BCUT2D eigenvalue weighted by Gasteiger charge is -2.12. The summed E-state index contributed by atoms with van der Waals surface area (Å²) in [7, 11) is 3.47. The molecule has 1 N–H and O–H groups in total. The number of nitrogens with zero attached hydrogens (tertiary/aromatic N) is 1. The molecule has 1 amide bonds. The molecule has 0 saturated heterocycles. The number of anilines is 1. The van der Waals surface area contributed by atoms with Gasteiger partial charge in [-0.2, -0.15) is 0 Å². The van der Waals surface area contributed by atoms with Crippen molar-refractivity contribution in [1.29, 1.82) is 0 Å². The van der Waals surface area contributed by atoms with E-state index < -0.39 is 0 Å². The molecule has 0 unspecified atom stereocenters. The second-order valence-electron chi connectivity index (χ2n) is 5.40. The molecule has 0 bridgehead atoms. The van der Waals surface area contributed by atoms with E-state index in [-0.39, 0.29) is 5.91 Å². The van der Waals surface area contributed by atoms with Crippen LogP contribution in [0.3, 0.4) is 0 Å². The summed E-state index contributed by atoms with van der Waals surface area (Å²) < 4.78 is 8.00. The highest BCUT2D eigenvalue weighted by Crippen LogP contribution is 2.32. The van der Waals surface area contributed by atoms with Gasteiger partial charge in [0, 0.05) is 18.0 Å². The van der Waals surface area contributed by atoms with Crippen LogP contribution in [-0.4, -0.2) is 17.6 Å². The molecule has 1 aromatic heterocycles. The molecule has 0 aliphatic rings. The van der Waals surface area contributed by atoms with Crippen molar-refractivity contribution in [3.8, 4) is 5.75 Å². The molecule has 3 aromatic rings. The molecule has 0 spiro atoms. The quantitative estimate of drug-likeness (QED) is 0.734. The number of fused-ring (bicyclic) bond motifs is 1.